The Morgan fingerprint density at radius 2 is 1.66 bits per heavy atom. The highest BCUT2D eigenvalue weighted by atomic mass is 19.4. The number of hydrogen-bond acceptors (Lipinski definition) is 6. The summed E-state index contributed by atoms with van der Waals surface area (Å²) in [6, 6.07) is 13.4. The second kappa shape index (κ2) is 9.86. The summed E-state index contributed by atoms with van der Waals surface area (Å²) in [4.78, 5) is 11.1. The lowest BCUT2D eigenvalue weighted by atomic mass is 10.1. The van der Waals surface area contributed by atoms with Crippen molar-refractivity contribution in [3.63, 3.8) is 0 Å². The van der Waals surface area contributed by atoms with E-state index in [4.69, 9.17) is 0 Å². The average molecular weight is 445 g/mol. The largest absolute Gasteiger partial charge is 0.573 e. The minimum absolute atomic E-state index is 0.306. The van der Waals surface area contributed by atoms with E-state index in [1.54, 1.807) is 12.1 Å². The zero-order valence-corrected chi connectivity index (χ0v) is 18.4. The molecule has 1 heterocycles. The van der Waals surface area contributed by atoms with Gasteiger partial charge in [-0.05, 0) is 51.2 Å². The first-order valence-corrected chi connectivity index (χ1v) is 10.1. The fourth-order valence-corrected chi connectivity index (χ4v) is 3.12. The Labute approximate surface area is 185 Å². The van der Waals surface area contributed by atoms with Crippen LogP contribution in [-0.4, -0.2) is 48.4 Å². The first-order chi connectivity index (χ1) is 15.1. The number of para-hydroxylation sites is 1. The monoisotopic (exact) mass is 445 g/mol. The zero-order valence-electron chi connectivity index (χ0n) is 18.4. The predicted octanol–water partition coefficient (Wildman–Crippen LogP) is 5.38. The number of nitrogens with one attached hydrogen (secondary N) is 2. The molecule has 2 N–H and O–H groups in total. The van der Waals surface area contributed by atoms with Gasteiger partial charge in [-0.3, -0.25) is 0 Å². The predicted molar refractivity (Wildman–Crippen MR) is 120 cm³/mol. The van der Waals surface area contributed by atoms with Gasteiger partial charge in [0.05, 0.1) is 5.69 Å². The number of benzene rings is 2. The van der Waals surface area contributed by atoms with Crippen molar-refractivity contribution in [2.75, 3.05) is 37.8 Å². The molecule has 0 aliphatic heterocycles. The number of aryl methyl sites for hydroxylation is 2. The van der Waals surface area contributed by atoms with E-state index in [-0.39, 0.29) is 5.75 Å². The van der Waals surface area contributed by atoms with Gasteiger partial charge in [-0.2, -0.15) is 4.98 Å². The van der Waals surface area contributed by atoms with E-state index in [1.165, 1.54) is 18.2 Å². The van der Waals surface area contributed by atoms with Crippen LogP contribution in [0.25, 0.3) is 11.3 Å². The molecule has 0 radical (unpaired) electrons. The molecule has 0 aliphatic carbocycles. The van der Waals surface area contributed by atoms with E-state index in [9.17, 15) is 13.2 Å². The smallest absolute Gasteiger partial charge is 0.406 e. The number of ether oxygens (including phenoxy) is 1. The fourth-order valence-electron chi connectivity index (χ4n) is 3.12. The van der Waals surface area contributed by atoms with Gasteiger partial charge in [0.15, 0.2) is 0 Å². The third-order valence-electron chi connectivity index (χ3n) is 4.67. The van der Waals surface area contributed by atoms with Crippen LogP contribution in [0.1, 0.15) is 11.1 Å². The maximum absolute atomic E-state index is 12.7. The Balaban J connectivity index is 1.98. The molecule has 0 atom stereocenters. The molecule has 0 spiro atoms. The van der Waals surface area contributed by atoms with Gasteiger partial charge in [0.1, 0.15) is 11.6 Å². The van der Waals surface area contributed by atoms with Crippen molar-refractivity contribution < 1.29 is 17.9 Å². The standard InChI is InChI=1S/C23H26F3N5O/c1-15-7-5-8-16(2)21(15)29-20-14-19(28-22(30-20)27-11-12-31(3)4)17-9-6-10-18(13-17)32-23(24,25)26/h5-10,13-14H,11-12H2,1-4H3,(H2,27,28,29,30). The molecular weight excluding hydrogens is 419 g/mol. The van der Waals surface area contributed by atoms with Crippen LogP contribution in [0.2, 0.25) is 0 Å². The molecule has 0 fully saturated rings. The normalized spacial score (nSPS) is 11.5. The summed E-state index contributed by atoms with van der Waals surface area (Å²) in [6.45, 7) is 5.36. The number of alkyl halides is 3. The number of aromatic nitrogens is 2. The van der Waals surface area contributed by atoms with Crippen LogP contribution in [0.5, 0.6) is 5.75 Å². The lowest BCUT2D eigenvalue weighted by Crippen LogP contribution is -2.21. The van der Waals surface area contributed by atoms with Gasteiger partial charge in [-0.1, -0.05) is 30.3 Å². The minimum Gasteiger partial charge on any atom is -0.406 e. The topological polar surface area (TPSA) is 62.3 Å². The molecule has 0 saturated carbocycles. The molecule has 3 rings (SSSR count). The molecule has 170 valence electrons. The van der Waals surface area contributed by atoms with Crippen molar-refractivity contribution in [2.45, 2.75) is 20.2 Å². The quantitative estimate of drug-likeness (QED) is 0.486. The van der Waals surface area contributed by atoms with Gasteiger partial charge in [-0.15, -0.1) is 13.2 Å². The van der Waals surface area contributed by atoms with Crippen LogP contribution >= 0.6 is 0 Å². The van der Waals surface area contributed by atoms with Crippen molar-refractivity contribution in [1.82, 2.24) is 14.9 Å². The molecule has 0 aliphatic rings. The van der Waals surface area contributed by atoms with E-state index < -0.39 is 6.36 Å². The summed E-state index contributed by atoms with van der Waals surface area (Å²) >= 11 is 0. The van der Waals surface area contributed by atoms with E-state index in [0.29, 0.717) is 29.6 Å². The van der Waals surface area contributed by atoms with Crippen molar-refractivity contribution in [3.05, 3.63) is 59.7 Å². The zero-order chi connectivity index (χ0) is 23.3. The molecule has 3 aromatic rings. The molecule has 1 aromatic heterocycles. The number of likely N-dealkylation sites (N-methyl/N-ethyl adjacent to an activating group) is 1. The number of hydrogen-bond donors (Lipinski definition) is 2. The van der Waals surface area contributed by atoms with Gasteiger partial charge in [0.25, 0.3) is 0 Å². The van der Waals surface area contributed by atoms with Crippen molar-refractivity contribution in [3.8, 4) is 17.0 Å². The first-order valence-electron chi connectivity index (χ1n) is 10.1. The SMILES string of the molecule is Cc1cccc(C)c1Nc1cc(-c2cccc(OC(F)(F)F)c2)nc(NCCN(C)C)n1. The van der Waals surface area contributed by atoms with Crippen LogP contribution in [0.3, 0.4) is 0 Å². The molecule has 0 bridgehead atoms. The Morgan fingerprint density at radius 1 is 0.969 bits per heavy atom. The molecule has 0 amide bonds. The molecule has 6 nitrogen and oxygen atoms in total. The van der Waals surface area contributed by atoms with Crippen LogP contribution in [0.4, 0.5) is 30.6 Å². The lowest BCUT2D eigenvalue weighted by Gasteiger charge is -2.16. The van der Waals surface area contributed by atoms with Crippen LogP contribution < -0.4 is 15.4 Å². The van der Waals surface area contributed by atoms with Crippen LogP contribution in [0, 0.1) is 13.8 Å². The Bertz CT molecular complexity index is 1050. The van der Waals surface area contributed by atoms with Crippen LogP contribution in [-0.2, 0) is 0 Å². The van der Waals surface area contributed by atoms with E-state index in [1.807, 2.05) is 51.0 Å². The van der Waals surface area contributed by atoms with Crippen molar-refractivity contribution >= 4 is 17.5 Å². The number of rotatable bonds is 8. The van der Waals surface area contributed by atoms with E-state index in [2.05, 4.69) is 25.3 Å². The number of anilines is 3. The van der Waals surface area contributed by atoms with Gasteiger partial charge >= 0.3 is 6.36 Å². The summed E-state index contributed by atoms with van der Waals surface area (Å²) in [5.41, 5.74) is 3.97. The first kappa shape index (κ1) is 23.3. The van der Waals surface area contributed by atoms with Crippen LogP contribution in [0.15, 0.2) is 48.5 Å². The number of nitrogens with zero attached hydrogens (tertiary/aromatic N) is 3. The van der Waals surface area contributed by atoms with Crippen molar-refractivity contribution in [1.29, 1.82) is 0 Å². The van der Waals surface area contributed by atoms with Gasteiger partial charge < -0.3 is 20.3 Å². The summed E-state index contributed by atoms with van der Waals surface area (Å²) in [7, 11) is 3.91. The molecule has 0 unspecified atom stereocenters. The lowest BCUT2D eigenvalue weighted by molar-refractivity contribution is -0.274. The van der Waals surface area contributed by atoms with E-state index in [0.717, 1.165) is 23.4 Å². The maximum Gasteiger partial charge on any atom is 0.573 e. The van der Waals surface area contributed by atoms with E-state index >= 15 is 0 Å². The third-order valence-corrected chi connectivity index (χ3v) is 4.67. The Morgan fingerprint density at radius 3 is 2.31 bits per heavy atom. The highest BCUT2D eigenvalue weighted by Crippen LogP contribution is 2.30. The summed E-state index contributed by atoms with van der Waals surface area (Å²) in [5.74, 6) is 0.599. The van der Waals surface area contributed by atoms with Gasteiger partial charge in [0.2, 0.25) is 5.95 Å². The Hall–Kier alpha value is -3.33. The average Bonchev–Trinajstić information content (AvgIpc) is 2.69. The second-order valence-electron chi connectivity index (χ2n) is 7.66. The Kier molecular flexibility index (Phi) is 7.19. The molecule has 0 saturated heterocycles. The summed E-state index contributed by atoms with van der Waals surface area (Å²) in [6.07, 6.45) is -4.77. The second-order valence-corrected chi connectivity index (χ2v) is 7.66. The molecule has 2 aromatic carbocycles. The minimum atomic E-state index is -4.77. The highest BCUT2D eigenvalue weighted by molar-refractivity contribution is 5.70. The van der Waals surface area contributed by atoms with Gasteiger partial charge in [-0.25, -0.2) is 4.98 Å². The number of halogens is 3. The molecular formula is C23H26F3N5O. The fraction of sp³-hybridized carbons (Fsp3) is 0.304. The molecule has 9 heteroatoms. The highest BCUT2D eigenvalue weighted by Gasteiger charge is 2.31. The molecule has 32 heavy (non-hydrogen) atoms. The summed E-state index contributed by atoms with van der Waals surface area (Å²) in [5, 5.41) is 6.51. The van der Waals surface area contributed by atoms with Gasteiger partial charge in [0, 0.05) is 30.4 Å². The summed E-state index contributed by atoms with van der Waals surface area (Å²) < 4.78 is 42.0. The third kappa shape index (κ3) is 6.58. The maximum atomic E-state index is 12.7. The van der Waals surface area contributed by atoms with Crippen molar-refractivity contribution in [2.24, 2.45) is 0 Å².